The van der Waals surface area contributed by atoms with Crippen molar-refractivity contribution in [3.63, 3.8) is 0 Å². The molecule has 1 aliphatic heterocycles. The Morgan fingerprint density at radius 3 is 2.70 bits per heavy atom. The minimum Gasteiger partial charge on any atom is -0.506 e. The highest BCUT2D eigenvalue weighted by Crippen LogP contribution is 2.42. The molecule has 20 heavy (non-hydrogen) atoms. The summed E-state index contributed by atoms with van der Waals surface area (Å²) in [5, 5.41) is 10.3. The van der Waals surface area contributed by atoms with Crippen molar-refractivity contribution >= 4 is 29.1 Å². The molecule has 3 rings (SSSR count). The molecule has 0 radical (unpaired) electrons. The third kappa shape index (κ3) is 1.83. The smallest absolute Gasteiger partial charge is 0.238 e. The van der Waals surface area contributed by atoms with Gasteiger partial charge in [-0.2, -0.15) is 0 Å². The Labute approximate surface area is 121 Å². The summed E-state index contributed by atoms with van der Waals surface area (Å²) in [5.74, 6) is -1.26. The Balaban J connectivity index is 2.03. The number of carbonyl (C=O) groups is 2. The van der Waals surface area contributed by atoms with Crippen molar-refractivity contribution in [2.75, 3.05) is 4.90 Å². The molecule has 2 amide bonds. The van der Waals surface area contributed by atoms with Gasteiger partial charge in [0.05, 0.1) is 17.5 Å². The third-order valence-corrected chi connectivity index (χ3v) is 4.29. The molecule has 1 saturated heterocycles. The van der Waals surface area contributed by atoms with Crippen molar-refractivity contribution in [2.45, 2.75) is 13.3 Å². The number of imide groups is 1. The number of fused-ring (bicyclic) bond motifs is 1. The average molecular weight is 292 g/mol. The molecule has 1 aromatic carbocycles. The lowest BCUT2D eigenvalue weighted by Crippen LogP contribution is -2.31. The van der Waals surface area contributed by atoms with Crippen molar-refractivity contribution in [2.24, 2.45) is 17.8 Å². The fourth-order valence-electron chi connectivity index (χ4n) is 3.07. The molecule has 1 aromatic rings. The number of halogens is 1. The summed E-state index contributed by atoms with van der Waals surface area (Å²) in [5.41, 5.74) is 0.214. The summed E-state index contributed by atoms with van der Waals surface area (Å²) in [6.45, 7) is 1.93. The van der Waals surface area contributed by atoms with Crippen molar-refractivity contribution in [3.8, 4) is 5.75 Å². The molecule has 1 N–H and O–H groups in total. The van der Waals surface area contributed by atoms with Gasteiger partial charge in [0.1, 0.15) is 5.75 Å². The first-order chi connectivity index (χ1) is 9.50. The molecule has 2 aliphatic rings. The van der Waals surface area contributed by atoms with E-state index < -0.39 is 0 Å². The van der Waals surface area contributed by atoms with E-state index in [2.05, 4.69) is 0 Å². The van der Waals surface area contributed by atoms with Crippen LogP contribution >= 0.6 is 11.6 Å². The summed E-state index contributed by atoms with van der Waals surface area (Å²) < 4.78 is 0. The van der Waals surface area contributed by atoms with Crippen LogP contribution in [0.2, 0.25) is 5.02 Å². The van der Waals surface area contributed by atoms with E-state index in [0.29, 0.717) is 11.4 Å². The Morgan fingerprint density at radius 2 is 2.05 bits per heavy atom. The van der Waals surface area contributed by atoms with Crippen LogP contribution in [-0.4, -0.2) is 16.9 Å². The average Bonchev–Trinajstić information content (AvgIpc) is 2.64. The standard InChI is InChI=1S/C15H14ClNO3/c1-8-3-2-4-10-13(8)15(20)17(14(10)19)11-6-5-9(16)7-12(11)18/h2-3,5-8,10,13,18H,4H2,1H3/t8-,10-,13+/m1/s1. The molecule has 4 nitrogen and oxygen atoms in total. The highest BCUT2D eigenvalue weighted by atomic mass is 35.5. The van der Waals surface area contributed by atoms with Gasteiger partial charge in [-0.25, -0.2) is 4.90 Å². The van der Waals surface area contributed by atoms with Crippen LogP contribution < -0.4 is 4.90 Å². The van der Waals surface area contributed by atoms with Crippen LogP contribution in [0.3, 0.4) is 0 Å². The number of phenols is 1. The first kappa shape index (κ1) is 13.2. The summed E-state index contributed by atoms with van der Waals surface area (Å²) >= 11 is 5.78. The van der Waals surface area contributed by atoms with Crippen molar-refractivity contribution in [1.82, 2.24) is 0 Å². The summed E-state index contributed by atoms with van der Waals surface area (Å²) in [6.07, 6.45) is 4.49. The molecule has 5 heteroatoms. The third-order valence-electron chi connectivity index (χ3n) is 4.05. The number of phenolic OH excluding ortho intramolecular Hbond substituents is 1. The van der Waals surface area contributed by atoms with E-state index in [1.54, 1.807) is 6.07 Å². The largest absolute Gasteiger partial charge is 0.506 e. The fraction of sp³-hybridized carbons (Fsp3) is 0.333. The zero-order valence-corrected chi connectivity index (χ0v) is 11.7. The van der Waals surface area contributed by atoms with E-state index >= 15 is 0 Å². The molecule has 1 heterocycles. The Kier molecular flexibility index (Phi) is 3.05. The van der Waals surface area contributed by atoms with E-state index in [1.165, 1.54) is 12.1 Å². The molecule has 0 saturated carbocycles. The van der Waals surface area contributed by atoms with Crippen LogP contribution in [0.1, 0.15) is 13.3 Å². The number of benzene rings is 1. The maximum Gasteiger partial charge on any atom is 0.238 e. The van der Waals surface area contributed by atoms with Gasteiger partial charge in [-0.15, -0.1) is 0 Å². The van der Waals surface area contributed by atoms with Crippen LogP contribution in [0, 0.1) is 17.8 Å². The van der Waals surface area contributed by atoms with Crippen LogP contribution in [0.4, 0.5) is 5.69 Å². The molecular weight excluding hydrogens is 278 g/mol. The van der Waals surface area contributed by atoms with Gasteiger partial charge in [-0.1, -0.05) is 30.7 Å². The number of hydrogen-bond donors (Lipinski definition) is 1. The molecule has 1 fully saturated rings. The zero-order chi connectivity index (χ0) is 14.4. The van der Waals surface area contributed by atoms with Gasteiger partial charge in [0.15, 0.2) is 0 Å². The Hall–Kier alpha value is -1.81. The number of anilines is 1. The predicted molar refractivity (Wildman–Crippen MR) is 75.5 cm³/mol. The highest BCUT2D eigenvalue weighted by molar-refractivity contribution is 6.31. The number of amides is 2. The fourth-order valence-corrected chi connectivity index (χ4v) is 3.24. The van der Waals surface area contributed by atoms with Crippen LogP contribution in [-0.2, 0) is 9.59 Å². The first-order valence-electron chi connectivity index (χ1n) is 6.53. The number of rotatable bonds is 1. The van der Waals surface area contributed by atoms with Crippen LogP contribution in [0.5, 0.6) is 5.75 Å². The second kappa shape index (κ2) is 4.63. The van der Waals surface area contributed by atoms with Gasteiger partial charge < -0.3 is 5.11 Å². The molecule has 0 spiro atoms. The molecular formula is C15H14ClNO3. The van der Waals surface area contributed by atoms with Crippen molar-refractivity contribution in [1.29, 1.82) is 0 Å². The number of carbonyl (C=O) groups excluding carboxylic acids is 2. The maximum absolute atomic E-state index is 12.5. The monoisotopic (exact) mass is 291 g/mol. The summed E-state index contributed by atoms with van der Waals surface area (Å²) in [4.78, 5) is 26.1. The van der Waals surface area contributed by atoms with E-state index in [9.17, 15) is 14.7 Å². The van der Waals surface area contributed by atoms with Gasteiger partial charge in [-0.3, -0.25) is 9.59 Å². The van der Waals surface area contributed by atoms with Gasteiger partial charge in [0.25, 0.3) is 0 Å². The topological polar surface area (TPSA) is 57.6 Å². The van der Waals surface area contributed by atoms with Gasteiger partial charge in [-0.05, 0) is 24.5 Å². The highest BCUT2D eigenvalue weighted by Gasteiger charge is 2.50. The van der Waals surface area contributed by atoms with Crippen LogP contribution in [0.15, 0.2) is 30.4 Å². The number of aromatic hydroxyl groups is 1. The van der Waals surface area contributed by atoms with E-state index in [-0.39, 0.29) is 41.0 Å². The Morgan fingerprint density at radius 1 is 1.30 bits per heavy atom. The zero-order valence-electron chi connectivity index (χ0n) is 10.9. The molecule has 104 valence electrons. The minimum absolute atomic E-state index is 0.0321. The quantitative estimate of drug-likeness (QED) is 0.639. The van der Waals surface area contributed by atoms with Crippen molar-refractivity contribution in [3.05, 3.63) is 35.4 Å². The number of nitrogens with zero attached hydrogens (tertiary/aromatic N) is 1. The van der Waals surface area contributed by atoms with Gasteiger partial charge in [0, 0.05) is 11.1 Å². The summed E-state index contributed by atoms with van der Waals surface area (Å²) in [6, 6.07) is 4.39. The SMILES string of the molecule is C[C@@H]1C=CC[C@H]2C(=O)N(c3ccc(Cl)cc3O)C(=O)[C@@H]12. The van der Waals surface area contributed by atoms with E-state index in [4.69, 9.17) is 11.6 Å². The maximum atomic E-state index is 12.5. The lowest BCUT2D eigenvalue weighted by Gasteiger charge is -2.22. The van der Waals surface area contributed by atoms with Crippen molar-refractivity contribution < 1.29 is 14.7 Å². The second-order valence-electron chi connectivity index (χ2n) is 5.30. The van der Waals surface area contributed by atoms with Crippen LogP contribution in [0.25, 0.3) is 0 Å². The van der Waals surface area contributed by atoms with Gasteiger partial charge in [0.2, 0.25) is 11.8 Å². The van der Waals surface area contributed by atoms with E-state index in [0.717, 1.165) is 4.90 Å². The van der Waals surface area contributed by atoms with E-state index in [1.807, 2.05) is 19.1 Å². The minimum atomic E-state index is -0.331. The molecule has 0 unspecified atom stereocenters. The Bertz CT molecular complexity index is 626. The number of hydrogen-bond acceptors (Lipinski definition) is 3. The first-order valence-corrected chi connectivity index (χ1v) is 6.91. The summed E-state index contributed by atoms with van der Waals surface area (Å²) in [7, 11) is 0. The molecule has 0 aromatic heterocycles. The lowest BCUT2D eigenvalue weighted by atomic mass is 9.78. The molecule has 3 atom stereocenters. The lowest BCUT2D eigenvalue weighted by molar-refractivity contribution is -0.122. The molecule has 0 bridgehead atoms. The molecule has 1 aliphatic carbocycles. The van der Waals surface area contributed by atoms with Gasteiger partial charge >= 0.3 is 0 Å². The second-order valence-corrected chi connectivity index (χ2v) is 5.74. The number of allylic oxidation sites excluding steroid dienone is 2. The normalized spacial score (nSPS) is 28.9. The predicted octanol–water partition coefficient (Wildman–Crippen LogP) is 2.75.